The van der Waals surface area contributed by atoms with Crippen LogP contribution in [0.15, 0.2) is 36.5 Å². The average Bonchev–Trinajstić information content (AvgIpc) is 3.05. The van der Waals surface area contributed by atoms with Gasteiger partial charge in [0.15, 0.2) is 11.6 Å². The number of esters is 1. The number of ether oxygens (including phenoxy) is 1. The number of aryl methyl sites for hydroxylation is 1. The Morgan fingerprint density at radius 2 is 2.07 bits per heavy atom. The number of rotatable bonds is 5. The molecule has 0 aliphatic rings. The molecule has 1 unspecified atom stereocenters. The molecule has 3 aromatic rings. The predicted octanol–water partition coefficient (Wildman–Crippen LogP) is 3.47. The van der Waals surface area contributed by atoms with Crippen LogP contribution in [0.1, 0.15) is 29.8 Å². The van der Waals surface area contributed by atoms with E-state index in [-0.39, 0.29) is 18.0 Å². The lowest BCUT2D eigenvalue weighted by molar-refractivity contribution is -0.115. The highest BCUT2D eigenvalue weighted by Gasteiger charge is 2.23. The highest BCUT2D eigenvalue weighted by atomic mass is 35.5. The van der Waals surface area contributed by atoms with Crippen LogP contribution < -0.4 is 5.32 Å². The molecule has 2 heterocycles. The number of nitrogens with zero attached hydrogens (tertiary/aromatic N) is 3. The zero-order valence-corrected chi connectivity index (χ0v) is 15.9. The Bertz CT molecular complexity index is 1010. The maximum atomic E-state index is 12.3. The topological polar surface area (TPSA) is 86.1 Å². The number of fused-ring (bicyclic) bond motifs is 1. The molecule has 1 atom stereocenters. The van der Waals surface area contributed by atoms with Gasteiger partial charge in [0, 0.05) is 5.39 Å². The molecule has 1 aromatic carbocycles. The van der Waals surface area contributed by atoms with Gasteiger partial charge in [-0.05, 0) is 38.5 Å². The van der Waals surface area contributed by atoms with Gasteiger partial charge in [0.25, 0.3) is 0 Å². The smallest absolute Gasteiger partial charge is 0.343 e. The number of hydrogen-bond acceptors (Lipinski definition) is 5. The largest absolute Gasteiger partial charge is 0.462 e. The average molecular weight is 387 g/mol. The Morgan fingerprint density at radius 1 is 1.33 bits per heavy atom. The number of carbonyl (C=O) groups excluding carboxylic acids is 2. The molecule has 0 saturated heterocycles. The van der Waals surface area contributed by atoms with Crippen LogP contribution in [-0.2, 0) is 9.53 Å². The van der Waals surface area contributed by atoms with Crippen LogP contribution >= 0.6 is 11.6 Å². The zero-order valence-electron chi connectivity index (χ0n) is 15.2. The van der Waals surface area contributed by atoms with Crippen molar-refractivity contribution in [3.8, 4) is 5.82 Å². The summed E-state index contributed by atoms with van der Waals surface area (Å²) in [6.45, 7) is 5.41. The summed E-state index contributed by atoms with van der Waals surface area (Å²) >= 11 is 5.87. The fourth-order valence-corrected chi connectivity index (χ4v) is 2.71. The molecule has 3 rings (SSSR count). The molecule has 2 aromatic heterocycles. The number of alkyl halides is 1. The maximum Gasteiger partial charge on any atom is 0.343 e. The van der Waals surface area contributed by atoms with E-state index in [2.05, 4.69) is 15.4 Å². The van der Waals surface area contributed by atoms with Crippen LogP contribution in [0.3, 0.4) is 0 Å². The second kappa shape index (κ2) is 7.75. The first-order valence-electron chi connectivity index (χ1n) is 8.49. The van der Waals surface area contributed by atoms with E-state index in [0.29, 0.717) is 5.82 Å². The second-order valence-electron chi connectivity index (χ2n) is 5.96. The molecule has 0 aliphatic heterocycles. The van der Waals surface area contributed by atoms with Crippen molar-refractivity contribution >= 4 is 40.2 Å². The number of halogens is 1. The van der Waals surface area contributed by atoms with Crippen molar-refractivity contribution in [1.29, 1.82) is 0 Å². The van der Waals surface area contributed by atoms with Crippen LogP contribution in [0.25, 0.3) is 16.7 Å². The number of pyridine rings is 1. The van der Waals surface area contributed by atoms with E-state index in [0.717, 1.165) is 16.5 Å². The van der Waals surface area contributed by atoms with Crippen LogP contribution in [0.4, 0.5) is 5.82 Å². The maximum absolute atomic E-state index is 12.3. The van der Waals surface area contributed by atoms with Gasteiger partial charge in [0.05, 0.1) is 18.3 Å². The first-order valence-corrected chi connectivity index (χ1v) is 8.92. The zero-order chi connectivity index (χ0) is 19.6. The molecule has 7 nitrogen and oxygen atoms in total. The fraction of sp³-hybridized carbons (Fsp3) is 0.263. The molecule has 27 heavy (non-hydrogen) atoms. The molecule has 0 bridgehead atoms. The summed E-state index contributed by atoms with van der Waals surface area (Å²) < 4.78 is 6.46. The molecular weight excluding hydrogens is 368 g/mol. The quantitative estimate of drug-likeness (QED) is 0.536. The van der Waals surface area contributed by atoms with Crippen molar-refractivity contribution in [2.24, 2.45) is 0 Å². The lowest BCUT2D eigenvalue weighted by Gasteiger charge is -2.12. The van der Waals surface area contributed by atoms with Gasteiger partial charge in [0.2, 0.25) is 5.91 Å². The minimum atomic E-state index is -0.783. The monoisotopic (exact) mass is 386 g/mol. The molecule has 1 N–H and O–H groups in total. The summed E-state index contributed by atoms with van der Waals surface area (Å²) in [6, 6.07) is 9.54. The van der Waals surface area contributed by atoms with Gasteiger partial charge < -0.3 is 10.1 Å². The Labute approximate surface area is 161 Å². The van der Waals surface area contributed by atoms with E-state index in [1.165, 1.54) is 10.9 Å². The number of para-hydroxylation sites is 1. The Kier molecular flexibility index (Phi) is 5.41. The van der Waals surface area contributed by atoms with Crippen molar-refractivity contribution in [2.45, 2.75) is 26.1 Å². The number of nitrogens with one attached hydrogen (secondary N) is 1. The normalized spacial score (nSPS) is 12.0. The summed E-state index contributed by atoms with van der Waals surface area (Å²) in [5.41, 5.74) is 1.91. The minimum absolute atomic E-state index is 0.134. The number of benzene rings is 1. The Balaban J connectivity index is 2.14. The molecular formula is C19H19ClN4O3. The summed E-state index contributed by atoms with van der Waals surface area (Å²) in [7, 11) is 0. The molecule has 140 valence electrons. The van der Waals surface area contributed by atoms with E-state index in [1.807, 2.05) is 37.3 Å². The van der Waals surface area contributed by atoms with Crippen LogP contribution in [-0.4, -0.2) is 38.6 Å². The number of hydrogen-bond donors (Lipinski definition) is 1. The number of carbonyl (C=O) groups is 2. The minimum Gasteiger partial charge on any atom is -0.462 e. The molecule has 0 saturated carbocycles. The SMILES string of the molecule is CCOC(=O)c1cnn(-c2cc(C)c3ccccc3n2)c1NC(=O)C(C)Cl. The lowest BCUT2D eigenvalue weighted by Crippen LogP contribution is -2.24. The number of aromatic nitrogens is 3. The highest BCUT2D eigenvalue weighted by Crippen LogP contribution is 2.24. The van der Waals surface area contributed by atoms with Crippen molar-refractivity contribution in [3.05, 3.63) is 47.7 Å². The van der Waals surface area contributed by atoms with Gasteiger partial charge in [-0.25, -0.2) is 9.78 Å². The highest BCUT2D eigenvalue weighted by molar-refractivity contribution is 6.32. The third kappa shape index (κ3) is 3.78. The van der Waals surface area contributed by atoms with Gasteiger partial charge in [0.1, 0.15) is 10.9 Å². The van der Waals surface area contributed by atoms with Crippen molar-refractivity contribution < 1.29 is 14.3 Å². The number of amides is 1. The van der Waals surface area contributed by atoms with Crippen molar-refractivity contribution in [1.82, 2.24) is 14.8 Å². The van der Waals surface area contributed by atoms with Gasteiger partial charge in [-0.3, -0.25) is 4.79 Å². The van der Waals surface area contributed by atoms with Gasteiger partial charge in [-0.2, -0.15) is 9.78 Å². The lowest BCUT2D eigenvalue weighted by atomic mass is 10.1. The third-order valence-electron chi connectivity index (χ3n) is 3.99. The van der Waals surface area contributed by atoms with Gasteiger partial charge >= 0.3 is 5.97 Å². The van der Waals surface area contributed by atoms with E-state index in [1.54, 1.807) is 13.8 Å². The van der Waals surface area contributed by atoms with Crippen molar-refractivity contribution in [3.63, 3.8) is 0 Å². The standard InChI is InChI=1S/C19H19ClN4O3/c1-4-27-19(26)14-10-21-24(17(14)23-18(25)12(3)20)16-9-11(2)13-7-5-6-8-15(13)22-16/h5-10,12H,4H2,1-3H3,(H,23,25). The summed E-state index contributed by atoms with van der Waals surface area (Å²) in [5.74, 6) is -0.396. The first-order chi connectivity index (χ1) is 12.9. The predicted molar refractivity (Wildman–Crippen MR) is 104 cm³/mol. The van der Waals surface area contributed by atoms with Gasteiger partial charge in [-0.1, -0.05) is 18.2 Å². The van der Waals surface area contributed by atoms with E-state index < -0.39 is 17.3 Å². The molecule has 0 fully saturated rings. The van der Waals surface area contributed by atoms with E-state index in [9.17, 15) is 9.59 Å². The van der Waals surface area contributed by atoms with Crippen LogP contribution in [0.5, 0.6) is 0 Å². The fourth-order valence-electron chi connectivity index (χ4n) is 2.66. The molecule has 0 radical (unpaired) electrons. The summed E-state index contributed by atoms with van der Waals surface area (Å²) in [6.07, 6.45) is 1.35. The van der Waals surface area contributed by atoms with E-state index >= 15 is 0 Å². The van der Waals surface area contributed by atoms with Crippen LogP contribution in [0.2, 0.25) is 0 Å². The molecule has 8 heteroatoms. The Morgan fingerprint density at radius 3 is 2.78 bits per heavy atom. The second-order valence-corrected chi connectivity index (χ2v) is 6.61. The molecule has 1 amide bonds. The van der Waals surface area contributed by atoms with E-state index in [4.69, 9.17) is 16.3 Å². The summed E-state index contributed by atoms with van der Waals surface area (Å²) in [4.78, 5) is 29.0. The van der Waals surface area contributed by atoms with Crippen molar-refractivity contribution in [2.75, 3.05) is 11.9 Å². The third-order valence-corrected chi connectivity index (χ3v) is 4.19. The Hall–Kier alpha value is -2.93. The van der Waals surface area contributed by atoms with Crippen LogP contribution in [0, 0.1) is 6.92 Å². The van der Waals surface area contributed by atoms with Gasteiger partial charge in [-0.15, -0.1) is 11.6 Å². The molecule has 0 spiro atoms. The molecule has 0 aliphatic carbocycles. The first kappa shape index (κ1) is 18.8. The summed E-state index contributed by atoms with van der Waals surface area (Å²) in [5, 5.41) is 7.13. The number of anilines is 1.